The van der Waals surface area contributed by atoms with E-state index in [0.717, 1.165) is 154 Å². The van der Waals surface area contributed by atoms with E-state index in [0.29, 0.717) is 17.4 Å². The first-order valence-corrected chi connectivity index (χ1v) is 38.0. The number of rotatable bonds is 65. The summed E-state index contributed by atoms with van der Waals surface area (Å²) in [6, 6.07) is 0. The average Bonchev–Trinajstić information content (AvgIpc) is 2.14. The van der Waals surface area contributed by atoms with Crippen LogP contribution in [0.3, 0.4) is 0 Å². The van der Waals surface area contributed by atoms with E-state index in [9.17, 15) is 19.0 Å². The van der Waals surface area contributed by atoms with E-state index < -0.39 is 32.5 Å². The third-order valence-corrected chi connectivity index (χ3v) is 15.9. The number of phosphoric acid groups is 1. The number of esters is 2. The molecule has 0 aromatic rings. The largest absolute Gasteiger partial charge is 0.756 e. The topological polar surface area (TPSA) is 111 Å². The molecule has 0 saturated carbocycles. The molecule has 0 fully saturated rings. The maximum atomic E-state index is 12.9. The lowest BCUT2D eigenvalue weighted by atomic mass is 10.0. The highest BCUT2D eigenvalue weighted by Crippen LogP contribution is 2.38. The number of carbonyl (C=O) groups excluding carboxylic acids is 2. The molecule has 0 spiro atoms. The smallest absolute Gasteiger partial charge is 0.306 e. The van der Waals surface area contributed by atoms with Crippen LogP contribution in [0.2, 0.25) is 0 Å². The lowest BCUT2D eigenvalue weighted by molar-refractivity contribution is -0.870. The molecule has 2 unspecified atom stereocenters. The van der Waals surface area contributed by atoms with Crippen molar-refractivity contribution in [1.29, 1.82) is 0 Å². The van der Waals surface area contributed by atoms with Gasteiger partial charge >= 0.3 is 11.9 Å². The second-order valence-corrected chi connectivity index (χ2v) is 26.2. The molecule has 520 valence electrons. The predicted octanol–water partition coefficient (Wildman–Crippen LogP) is 23.6. The van der Waals surface area contributed by atoms with Crippen LogP contribution in [0.25, 0.3) is 0 Å². The number of unbranched alkanes of at least 4 members (excludes halogenated alkanes) is 21. The number of phosphoric ester groups is 1. The second-order valence-electron chi connectivity index (χ2n) is 24.8. The van der Waals surface area contributed by atoms with Gasteiger partial charge in [-0.25, -0.2) is 0 Å². The van der Waals surface area contributed by atoms with Gasteiger partial charge < -0.3 is 27.9 Å². The van der Waals surface area contributed by atoms with Crippen molar-refractivity contribution in [2.45, 2.75) is 277 Å². The molecule has 0 radical (unpaired) electrons. The Labute approximate surface area is 565 Å². The van der Waals surface area contributed by atoms with Gasteiger partial charge in [0.2, 0.25) is 0 Å². The molecule has 0 aliphatic carbocycles. The highest BCUT2D eigenvalue weighted by Gasteiger charge is 2.22. The standard InChI is InChI=1S/C82H134NO8P/c1-6-8-10-12-14-16-18-20-22-24-26-28-30-32-34-36-38-40-41-43-45-47-49-51-53-55-57-59-61-63-65-67-69-71-73-75-82(85)91-80(79-90-92(86,87)89-77-76-83(3,4)5)78-88-81(84)74-72-70-68-66-64-62-60-58-56-54-52-50-48-46-44-42-39-37-35-33-31-29-27-25-23-21-19-17-15-13-11-9-7-2/h8-11,14-17,20-23,26-29,32-35,38-40,42-43,45-46,48-49,51,80H,6-7,12-13,18-19,24-25,30-31,36-37,41,44,47,50,52-79H2,1-5H3/b10-8-,11-9-,16-14-,17-15-,22-20-,23-21-,28-26-,29-27-,34-32-,35-33-,40-38-,42-39-,45-43-,48-46-,51-49-. The monoisotopic (exact) mass is 1290 g/mol. The number of carbonyl (C=O) groups is 2. The summed E-state index contributed by atoms with van der Waals surface area (Å²) in [7, 11) is 1.14. The summed E-state index contributed by atoms with van der Waals surface area (Å²) in [6.07, 6.45) is 108. The van der Waals surface area contributed by atoms with Gasteiger partial charge in [0.05, 0.1) is 27.7 Å². The van der Waals surface area contributed by atoms with Crippen molar-refractivity contribution in [3.63, 3.8) is 0 Å². The number of nitrogens with zero attached hydrogens (tertiary/aromatic N) is 1. The molecule has 0 bridgehead atoms. The molecule has 0 amide bonds. The van der Waals surface area contributed by atoms with Gasteiger partial charge in [-0.1, -0.05) is 305 Å². The summed E-state index contributed by atoms with van der Waals surface area (Å²) in [5.74, 6) is -0.850. The van der Waals surface area contributed by atoms with Crippen LogP contribution in [0, 0.1) is 0 Å². The van der Waals surface area contributed by atoms with E-state index in [4.69, 9.17) is 18.5 Å². The minimum Gasteiger partial charge on any atom is -0.756 e. The molecule has 0 aromatic carbocycles. The zero-order chi connectivity index (χ0) is 66.9. The zero-order valence-corrected chi connectivity index (χ0v) is 60.1. The molecule has 0 N–H and O–H groups in total. The number of likely N-dealkylation sites (N-methyl/N-ethyl adjacent to an activating group) is 1. The van der Waals surface area contributed by atoms with Crippen molar-refractivity contribution in [2.24, 2.45) is 0 Å². The predicted molar refractivity (Wildman–Crippen MR) is 396 cm³/mol. The molecule has 0 aromatic heterocycles. The quantitative estimate of drug-likeness (QED) is 0.0195. The Balaban J connectivity index is 4.12. The third kappa shape index (κ3) is 74.2. The molecule has 2 atom stereocenters. The van der Waals surface area contributed by atoms with E-state index >= 15 is 0 Å². The van der Waals surface area contributed by atoms with Crippen LogP contribution < -0.4 is 4.89 Å². The van der Waals surface area contributed by atoms with E-state index in [-0.39, 0.29) is 26.1 Å². The number of allylic oxidation sites excluding steroid dienone is 30. The van der Waals surface area contributed by atoms with Crippen LogP contribution in [-0.2, 0) is 32.7 Å². The van der Waals surface area contributed by atoms with Crippen LogP contribution in [-0.4, -0.2) is 70.0 Å². The van der Waals surface area contributed by atoms with Gasteiger partial charge in [-0.3, -0.25) is 14.2 Å². The summed E-state index contributed by atoms with van der Waals surface area (Å²) >= 11 is 0. The molecule has 0 heterocycles. The zero-order valence-electron chi connectivity index (χ0n) is 59.2. The summed E-state index contributed by atoms with van der Waals surface area (Å²) in [5.41, 5.74) is 0. The van der Waals surface area contributed by atoms with Gasteiger partial charge in [-0.15, -0.1) is 0 Å². The van der Waals surface area contributed by atoms with E-state index in [1.165, 1.54) is 83.5 Å². The number of ether oxygens (including phenoxy) is 2. The van der Waals surface area contributed by atoms with Crippen LogP contribution in [0.15, 0.2) is 182 Å². The first-order chi connectivity index (χ1) is 45.0. The Kier molecular flexibility index (Phi) is 66.7. The van der Waals surface area contributed by atoms with Crippen molar-refractivity contribution in [2.75, 3.05) is 47.5 Å². The lowest BCUT2D eigenvalue weighted by Crippen LogP contribution is -2.37. The molecule has 0 rings (SSSR count). The molecular formula is C82H134NO8P. The first kappa shape index (κ1) is 87.1. The minimum atomic E-state index is -4.66. The van der Waals surface area contributed by atoms with Crippen LogP contribution in [0.4, 0.5) is 0 Å². The fourth-order valence-corrected chi connectivity index (χ4v) is 10.1. The minimum absolute atomic E-state index is 0.0411. The Morgan fingerprint density at radius 3 is 0.870 bits per heavy atom. The van der Waals surface area contributed by atoms with Crippen LogP contribution in [0.1, 0.15) is 271 Å². The van der Waals surface area contributed by atoms with Crippen molar-refractivity contribution >= 4 is 19.8 Å². The van der Waals surface area contributed by atoms with Gasteiger partial charge in [-0.05, 0) is 135 Å². The average molecular weight is 1290 g/mol. The molecule has 10 heteroatoms. The molecule has 0 saturated heterocycles. The highest BCUT2D eigenvalue weighted by molar-refractivity contribution is 7.45. The fraction of sp³-hybridized carbons (Fsp3) is 0.610. The van der Waals surface area contributed by atoms with Crippen molar-refractivity contribution in [1.82, 2.24) is 0 Å². The van der Waals surface area contributed by atoms with Crippen molar-refractivity contribution in [3.05, 3.63) is 182 Å². The van der Waals surface area contributed by atoms with E-state index in [2.05, 4.69) is 196 Å². The Hall–Kier alpha value is -4.89. The molecule has 0 aliphatic rings. The Morgan fingerprint density at radius 2 is 0.587 bits per heavy atom. The summed E-state index contributed by atoms with van der Waals surface area (Å²) in [6.45, 7) is 4.00. The van der Waals surface area contributed by atoms with Crippen molar-refractivity contribution in [3.8, 4) is 0 Å². The highest BCUT2D eigenvalue weighted by atomic mass is 31.2. The SMILES string of the molecule is CC/C=C\C/C=C\C/C=C\C/C=C\C/C=C\C/C=C\C/C=C\C/C=C\CCCCCCCCCCCCC(=O)OC(COC(=O)CCCCCCCCCCCCC/C=C\C/C=C\C/C=C\C/C=C\C/C=C\C/C=C\C/C=C\CC)COP(=O)([O-])OCC[N+](C)(C)C. The molecule has 9 nitrogen and oxygen atoms in total. The lowest BCUT2D eigenvalue weighted by Gasteiger charge is -2.28. The maximum absolute atomic E-state index is 12.9. The number of quaternary nitrogens is 1. The van der Waals surface area contributed by atoms with E-state index in [1.807, 2.05) is 21.1 Å². The first-order valence-electron chi connectivity index (χ1n) is 36.5. The van der Waals surface area contributed by atoms with Gasteiger partial charge in [0.15, 0.2) is 6.10 Å². The number of hydrogen-bond donors (Lipinski definition) is 0. The normalized spacial score (nSPS) is 14.2. The van der Waals surface area contributed by atoms with Crippen LogP contribution in [0.5, 0.6) is 0 Å². The number of hydrogen-bond acceptors (Lipinski definition) is 8. The fourth-order valence-electron chi connectivity index (χ4n) is 9.42. The summed E-state index contributed by atoms with van der Waals surface area (Å²) < 4.78 is 34.3. The summed E-state index contributed by atoms with van der Waals surface area (Å²) in [5, 5.41) is 0. The van der Waals surface area contributed by atoms with E-state index in [1.54, 1.807) is 0 Å². The second kappa shape index (κ2) is 70.4. The van der Waals surface area contributed by atoms with Crippen LogP contribution >= 0.6 is 7.82 Å². The maximum Gasteiger partial charge on any atom is 0.306 e. The van der Waals surface area contributed by atoms with Gasteiger partial charge in [0.1, 0.15) is 19.8 Å². The van der Waals surface area contributed by atoms with Gasteiger partial charge in [-0.2, -0.15) is 0 Å². The molecular weight excluding hydrogens is 1160 g/mol. The third-order valence-electron chi connectivity index (χ3n) is 14.9. The molecule has 92 heavy (non-hydrogen) atoms. The molecule has 0 aliphatic heterocycles. The van der Waals surface area contributed by atoms with Gasteiger partial charge in [0.25, 0.3) is 7.82 Å². The van der Waals surface area contributed by atoms with Crippen molar-refractivity contribution < 1.29 is 42.1 Å². The van der Waals surface area contributed by atoms with Gasteiger partial charge in [0, 0.05) is 12.8 Å². The Morgan fingerprint density at radius 1 is 0.337 bits per heavy atom. The summed E-state index contributed by atoms with van der Waals surface area (Å²) in [4.78, 5) is 38.1. The Bertz CT molecular complexity index is 2210.